The SMILES string of the molecule is CCC(=O)c1cc(Oc2ccc(CC(=O)c3ccccc3)cc2)cc(Oc2ccc(CC(=O)c3ccccc3)cc2)c1. The maximum atomic E-state index is 12.6. The van der Waals surface area contributed by atoms with E-state index in [4.69, 9.17) is 9.47 Å². The molecule has 0 fully saturated rings. The maximum Gasteiger partial charge on any atom is 0.167 e. The molecule has 208 valence electrons. The molecule has 0 heterocycles. The van der Waals surface area contributed by atoms with Crippen LogP contribution in [0.15, 0.2) is 127 Å². The largest absolute Gasteiger partial charge is 0.457 e. The zero-order valence-electron chi connectivity index (χ0n) is 23.3. The van der Waals surface area contributed by atoms with Gasteiger partial charge >= 0.3 is 0 Å². The molecule has 5 rings (SSSR count). The first-order valence-corrected chi connectivity index (χ1v) is 13.8. The standard InChI is InChI=1S/C37H30O5/c1-2-35(38)30-23-33(41-31-17-13-26(14-18-31)21-36(39)28-9-5-3-6-10-28)25-34(24-30)42-32-19-15-27(16-20-32)22-37(40)29-11-7-4-8-12-29/h3-20,23-25H,2,21-22H2,1H3. The molecule has 5 aromatic rings. The second kappa shape index (κ2) is 13.4. The summed E-state index contributed by atoms with van der Waals surface area (Å²) in [4.78, 5) is 37.7. The van der Waals surface area contributed by atoms with E-state index in [1.807, 2.05) is 84.9 Å². The highest BCUT2D eigenvalue weighted by atomic mass is 16.5. The van der Waals surface area contributed by atoms with Crippen LogP contribution in [0.25, 0.3) is 0 Å². The molecule has 0 unspecified atom stereocenters. The Morgan fingerprint density at radius 3 is 1.24 bits per heavy atom. The molecule has 0 N–H and O–H groups in total. The predicted octanol–water partition coefficient (Wildman–Crippen LogP) is 8.71. The Balaban J connectivity index is 1.27. The molecule has 0 spiro atoms. The molecule has 42 heavy (non-hydrogen) atoms. The first-order valence-electron chi connectivity index (χ1n) is 13.8. The van der Waals surface area contributed by atoms with Crippen molar-refractivity contribution in [1.29, 1.82) is 0 Å². The van der Waals surface area contributed by atoms with Gasteiger partial charge < -0.3 is 9.47 Å². The fourth-order valence-electron chi connectivity index (χ4n) is 4.50. The van der Waals surface area contributed by atoms with Gasteiger partial charge in [0.2, 0.25) is 0 Å². The maximum absolute atomic E-state index is 12.6. The van der Waals surface area contributed by atoms with Gasteiger partial charge in [-0.05, 0) is 47.5 Å². The van der Waals surface area contributed by atoms with Gasteiger partial charge in [-0.3, -0.25) is 14.4 Å². The van der Waals surface area contributed by atoms with Crippen LogP contribution in [0.4, 0.5) is 0 Å². The van der Waals surface area contributed by atoms with E-state index >= 15 is 0 Å². The van der Waals surface area contributed by atoms with Gasteiger partial charge in [0.05, 0.1) is 0 Å². The van der Waals surface area contributed by atoms with E-state index in [0.29, 0.717) is 59.0 Å². The fraction of sp³-hybridized carbons (Fsp3) is 0.108. The summed E-state index contributed by atoms with van der Waals surface area (Å²) in [6.45, 7) is 1.81. The second-order valence-corrected chi connectivity index (χ2v) is 9.89. The number of benzene rings is 5. The highest BCUT2D eigenvalue weighted by Gasteiger charge is 2.12. The third-order valence-corrected chi connectivity index (χ3v) is 6.76. The van der Waals surface area contributed by atoms with E-state index in [9.17, 15) is 14.4 Å². The molecular formula is C37H30O5. The van der Waals surface area contributed by atoms with Crippen molar-refractivity contribution >= 4 is 17.3 Å². The summed E-state index contributed by atoms with van der Waals surface area (Å²) in [6.07, 6.45) is 0.932. The zero-order valence-corrected chi connectivity index (χ0v) is 23.3. The zero-order chi connectivity index (χ0) is 29.3. The highest BCUT2D eigenvalue weighted by molar-refractivity contribution is 5.98. The summed E-state index contributed by atoms with van der Waals surface area (Å²) in [5.74, 6) is 2.14. The number of hydrogen-bond acceptors (Lipinski definition) is 5. The fourth-order valence-corrected chi connectivity index (χ4v) is 4.50. The Kier molecular flexibility index (Phi) is 9.00. The molecule has 0 amide bonds. The topological polar surface area (TPSA) is 69.7 Å². The van der Waals surface area contributed by atoms with Gasteiger partial charge in [0, 0.05) is 42.0 Å². The van der Waals surface area contributed by atoms with Crippen LogP contribution >= 0.6 is 0 Å². The van der Waals surface area contributed by atoms with E-state index < -0.39 is 0 Å². The number of carbonyl (C=O) groups excluding carboxylic acids is 3. The monoisotopic (exact) mass is 554 g/mol. The van der Waals surface area contributed by atoms with Crippen LogP contribution in [0.3, 0.4) is 0 Å². The number of rotatable bonds is 12. The first-order chi connectivity index (χ1) is 20.5. The van der Waals surface area contributed by atoms with Crippen LogP contribution in [0, 0.1) is 0 Å². The summed E-state index contributed by atoms with van der Waals surface area (Å²) in [5.41, 5.74) is 3.60. The molecule has 0 aliphatic carbocycles. The van der Waals surface area contributed by atoms with Crippen molar-refractivity contribution in [3.8, 4) is 23.0 Å². The van der Waals surface area contributed by atoms with Gasteiger partial charge in [0.25, 0.3) is 0 Å². The van der Waals surface area contributed by atoms with Crippen LogP contribution < -0.4 is 9.47 Å². The van der Waals surface area contributed by atoms with Crippen LogP contribution in [-0.2, 0) is 12.8 Å². The van der Waals surface area contributed by atoms with E-state index in [1.54, 1.807) is 49.4 Å². The highest BCUT2D eigenvalue weighted by Crippen LogP contribution is 2.31. The van der Waals surface area contributed by atoms with Crippen molar-refractivity contribution in [2.24, 2.45) is 0 Å². The summed E-state index contributed by atoms with van der Waals surface area (Å²) in [7, 11) is 0. The van der Waals surface area contributed by atoms with Gasteiger partial charge in [-0.25, -0.2) is 0 Å². The minimum atomic E-state index is -0.0326. The number of ether oxygens (including phenoxy) is 2. The van der Waals surface area contributed by atoms with Gasteiger partial charge in [0.15, 0.2) is 17.3 Å². The van der Waals surface area contributed by atoms with Crippen molar-refractivity contribution in [2.75, 3.05) is 0 Å². The van der Waals surface area contributed by atoms with Crippen molar-refractivity contribution in [3.63, 3.8) is 0 Å². The lowest BCUT2D eigenvalue weighted by Gasteiger charge is -2.12. The van der Waals surface area contributed by atoms with E-state index in [1.165, 1.54) is 0 Å². The molecule has 0 aromatic heterocycles. The molecule has 0 bridgehead atoms. The average Bonchev–Trinajstić information content (AvgIpc) is 3.03. The van der Waals surface area contributed by atoms with Gasteiger partial charge in [-0.15, -0.1) is 0 Å². The molecule has 0 saturated carbocycles. The molecule has 5 nitrogen and oxygen atoms in total. The second-order valence-electron chi connectivity index (χ2n) is 9.89. The molecule has 0 saturated heterocycles. The average molecular weight is 555 g/mol. The molecule has 0 aliphatic rings. The number of Topliss-reactive ketones (excluding diaryl/α,β-unsaturated/α-hetero) is 3. The molecule has 0 atom stereocenters. The molecule has 5 aromatic carbocycles. The normalized spacial score (nSPS) is 10.6. The van der Waals surface area contributed by atoms with Gasteiger partial charge in [0.1, 0.15) is 23.0 Å². The van der Waals surface area contributed by atoms with Gasteiger partial charge in [-0.1, -0.05) is 91.9 Å². The quantitative estimate of drug-likeness (QED) is 0.144. The third-order valence-electron chi connectivity index (χ3n) is 6.76. The Bertz CT molecular complexity index is 1560. The van der Waals surface area contributed by atoms with Crippen molar-refractivity contribution in [2.45, 2.75) is 26.2 Å². The molecule has 0 radical (unpaired) electrons. The van der Waals surface area contributed by atoms with Crippen molar-refractivity contribution in [1.82, 2.24) is 0 Å². The third kappa shape index (κ3) is 7.46. The summed E-state index contributed by atoms with van der Waals surface area (Å²) >= 11 is 0. The van der Waals surface area contributed by atoms with Crippen LogP contribution in [0.5, 0.6) is 23.0 Å². The lowest BCUT2D eigenvalue weighted by molar-refractivity contribution is 0.0981. The minimum Gasteiger partial charge on any atom is -0.457 e. The Morgan fingerprint density at radius 2 is 0.857 bits per heavy atom. The van der Waals surface area contributed by atoms with Crippen LogP contribution in [-0.4, -0.2) is 17.3 Å². The first kappa shape index (κ1) is 28.2. The summed E-state index contributed by atoms with van der Waals surface area (Å²) < 4.78 is 12.2. The molecule has 5 heteroatoms. The van der Waals surface area contributed by atoms with Crippen molar-refractivity contribution < 1.29 is 23.9 Å². The number of hydrogen-bond donors (Lipinski definition) is 0. The van der Waals surface area contributed by atoms with Crippen molar-refractivity contribution in [3.05, 3.63) is 155 Å². The predicted molar refractivity (Wildman–Crippen MR) is 163 cm³/mol. The Hall–Kier alpha value is -5.29. The Morgan fingerprint density at radius 1 is 0.452 bits per heavy atom. The lowest BCUT2D eigenvalue weighted by Crippen LogP contribution is -2.03. The molecule has 0 aliphatic heterocycles. The van der Waals surface area contributed by atoms with E-state index in [0.717, 1.165) is 11.1 Å². The number of ketones is 3. The summed E-state index contributed by atoms with van der Waals surface area (Å²) in [6, 6.07) is 38.2. The van der Waals surface area contributed by atoms with Crippen LogP contribution in [0.2, 0.25) is 0 Å². The minimum absolute atomic E-state index is 0.0326. The lowest BCUT2D eigenvalue weighted by atomic mass is 10.0. The number of carbonyl (C=O) groups is 3. The van der Waals surface area contributed by atoms with E-state index in [2.05, 4.69) is 0 Å². The smallest absolute Gasteiger partial charge is 0.167 e. The molecular weight excluding hydrogens is 524 g/mol. The summed E-state index contributed by atoms with van der Waals surface area (Å²) in [5, 5.41) is 0. The van der Waals surface area contributed by atoms with Crippen LogP contribution in [0.1, 0.15) is 55.5 Å². The van der Waals surface area contributed by atoms with E-state index in [-0.39, 0.29) is 17.3 Å². The Labute approximate surface area is 245 Å². The van der Waals surface area contributed by atoms with Gasteiger partial charge in [-0.2, -0.15) is 0 Å².